The summed E-state index contributed by atoms with van der Waals surface area (Å²) < 4.78 is 5.35. The Balaban J connectivity index is 1.36. The standard InChI is InChI=1S/C27H28N4O5/c1-17-22-23(25(34)31(24(22)33)15-18-7-3-2-4-8-18)27(28-17)19-9-5-6-10-20(19)30(26(27)35)16-21(32)29-11-13-36-14-12-29/h2-10,17,22-23,28H,11-16H2,1H3/t17-,22-,23+,27+/m1/s1. The van der Waals surface area contributed by atoms with E-state index in [9.17, 15) is 19.2 Å². The zero-order valence-corrected chi connectivity index (χ0v) is 20.1. The Morgan fingerprint density at radius 1 is 0.972 bits per heavy atom. The second-order valence-electron chi connectivity index (χ2n) is 9.89. The lowest BCUT2D eigenvalue weighted by Gasteiger charge is -2.31. The third-order valence-corrected chi connectivity index (χ3v) is 7.95. The van der Waals surface area contributed by atoms with Gasteiger partial charge < -0.3 is 14.5 Å². The van der Waals surface area contributed by atoms with Gasteiger partial charge in [0.25, 0.3) is 5.91 Å². The minimum Gasteiger partial charge on any atom is -0.378 e. The van der Waals surface area contributed by atoms with Crippen molar-refractivity contribution in [3.8, 4) is 0 Å². The number of rotatable bonds is 4. The summed E-state index contributed by atoms with van der Waals surface area (Å²) in [6, 6.07) is 16.2. The molecule has 0 aromatic heterocycles. The van der Waals surface area contributed by atoms with Crippen LogP contribution >= 0.6 is 0 Å². The Hall–Kier alpha value is -3.56. The highest BCUT2D eigenvalue weighted by Gasteiger charge is 2.70. The highest BCUT2D eigenvalue weighted by Crippen LogP contribution is 2.54. The summed E-state index contributed by atoms with van der Waals surface area (Å²) in [5, 5.41) is 3.36. The molecule has 0 radical (unpaired) electrons. The largest absolute Gasteiger partial charge is 0.378 e. The molecule has 4 aliphatic heterocycles. The summed E-state index contributed by atoms with van der Waals surface area (Å²) >= 11 is 0. The van der Waals surface area contributed by atoms with Gasteiger partial charge in [-0.2, -0.15) is 0 Å². The molecule has 4 atom stereocenters. The third kappa shape index (κ3) is 3.23. The lowest BCUT2D eigenvalue weighted by molar-refractivity contribution is -0.143. The van der Waals surface area contributed by atoms with E-state index in [0.29, 0.717) is 37.6 Å². The van der Waals surface area contributed by atoms with Crippen molar-refractivity contribution in [3.63, 3.8) is 0 Å². The average molecular weight is 489 g/mol. The van der Waals surface area contributed by atoms with Gasteiger partial charge >= 0.3 is 0 Å². The van der Waals surface area contributed by atoms with Crippen LogP contribution in [0.1, 0.15) is 18.1 Å². The van der Waals surface area contributed by atoms with E-state index in [-0.39, 0.29) is 42.8 Å². The molecule has 0 unspecified atom stereocenters. The third-order valence-electron chi connectivity index (χ3n) is 7.95. The SMILES string of the molecule is C[C@H]1N[C@]2(C(=O)N(CC(=O)N3CCOCC3)c3ccccc32)[C@@H]2C(=O)N(Cc3ccccc3)C(=O)[C@@H]21. The van der Waals surface area contributed by atoms with Crippen LogP contribution < -0.4 is 10.2 Å². The number of amides is 4. The number of hydrogen-bond donors (Lipinski definition) is 1. The number of fused-ring (bicyclic) bond motifs is 4. The van der Waals surface area contributed by atoms with E-state index >= 15 is 0 Å². The van der Waals surface area contributed by atoms with Crippen LogP contribution in [0.2, 0.25) is 0 Å². The number of imide groups is 1. The van der Waals surface area contributed by atoms with Gasteiger partial charge in [0, 0.05) is 30.4 Å². The maximum absolute atomic E-state index is 14.2. The Bertz CT molecular complexity index is 1240. The number of para-hydroxylation sites is 1. The van der Waals surface area contributed by atoms with Gasteiger partial charge in [0.05, 0.1) is 31.6 Å². The second-order valence-corrected chi connectivity index (χ2v) is 9.89. The second kappa shape index (κ2) is 8.53. The van der Waals surface area contributed by atoms with Crippen LogP contribution in [0, 0.1) is 11.8 Å². The van der Waals surface area contributed by atoms with E-state index in [4.69, 9.17) is 4.74 Å². The average Bonchev–Trinajstić information content (AvgIpc) is 3.44. The zero-order valence-electron chi connectivity index (χ0n) is 20.1. The first-order valence-electron chi connectivity index (χ1n) is 12.4. The van der Waals surface area contributed by atoms with Crippen LogP contribution in [0.5, 0.6) is 0 Å². The van der Waals surface area contributed by atoms with Crippen LogP contribution in [0.25, 0.3) is 0 Å². The summed E-state index contributed by atoms with van der Waals surface area (Å²) in [6.07, 6.45) is 0. The van der Waals surface area contributed by atoms with Crippen molar-refractivity contribution in [1.82, 2.24) is 15.1 Å². The monoisotopic (exact) mass is 488 g/mol. The Morgan fingerprint density at radius 2 is 1.67 bits per heavy atom. The Morgan fingerprint density at radius 3 is 2.42 bits per heavy atom. The fraction of sp³-hybridized carbons (Fsp3) is 0.407. The van der Waals surface area contributed by atoms with Crippen molar-refractivity contribution in [2.24, 2.45) is 11.8 Å². The van der Waals surface area contributed by atoms with Crippen molar-refractivity contribution in [2.45, 2.75) is 25.0 Å². The van der Waals surface area contributed by atoms with E-state index < -0.39 is 17.4 Å². The van der Waals surface area contributed by atoms with Crippen molar-refractivity contribution >= 4 is 29.3 Å². The van der Waals surface area contributed by atoms with Crippen LogP contribution in [0.3, 0.4) is 0 Å². The van der Waals surface area contributed by atoms with E-state index in [2.05, 4.69) is 5.32 Å². The van der Waals surface area contributed by atoms with Crippen LogP contribution in [0.15, 0.2) is 54.6 Å². The van der Waals surface area contributed by atoms with Gasteiger partial charge in [-0.25, -0.2) is 0 Å². The summed E-state index contributed by atoms with van der Waals surface area (Å²) in [4.78, 5) is 59.1. The van der Waals surface area contributed by atoms with E-state index in [1.807, 2.05) is 55.5 Å². The first kappa shape index (κ1) is 22.9. The van der Waals surface area contributed by atoms with Crippen molar-refractivity contribution < 1.29 is 23.9 Å². The molecular weight excluding hydrogens is 460 g/mol. The molecule has 4 heterocycles. The van der Waals surface area contributed by atoms with E-state index in [1.165, 1.54) is 9.80 Å². The van der Waals surface area contributed by atoms with Gasteiger partial charge in [-0.3, -0.25) is 29.4 Å². The maximum atomic E-state index is 14.2. The molecule has 4 amide bonds. The number of carbonyl (C=O) groups excluding carboxylic acids is 4. The Kier molecular flexibility index (Phi) is 5.42. The molecule has 36 heavy (non-hydrogen) atoms. The number of anilines is 1. The molecule has 1 N–H and O–H groups in total. The lowest BCUT2D eigenvalue weighted by atomic mass is 9.76. The fourth-order valence-corrected chi connectivity index (χ4v) is 6.30. The van der Waals surface area contributed by atoms with Gasteiger partial charge in [0.1, 0.15) is 12.1 Å². The smallest absolute Gasteiger partial charge is 0.253 e. The fourth-order valence-electron chi connectivity index (χ4n) is 6.30. The number of hydrogen-bond acceptors (Lipinski definition) is 6. The van der Waals surface area contributed by atoms with Crippen LogP contribution in [-0.2, 0) is 36.0 Å². The van der Waals surface area contributed by atoms with Crippen LogP contribution in [-0.4, -0.2) is 72.3 Å². The van der Waals surface area contributed by atoms with Gasteiger partial charge in [0.2, 0.25) is 17.7 Å². The molecule has 1 spiro atoms. The van der Waals surface area contributed by atoms with Crippen molar-refractivity contribution in [3.05, 3.63) is 65.7 Å². The quantitative estimate of drug-likeness (QED) is 0.642. The molecule has 3 fully saturated rings. The zero-order chi connectivity index (χ0) is 25.0. The minimum absolute atomic E-state index is 0.124. The molecule has 4 aliphatic rings. The molecule has 9 nitrogen and oxygen atoms in total. The van der Waals surface area contributed by atoms with Gasteiger partial charge in [-0.1, -0.05) is 48.5 Å². The molecule has 2 aromatic carbocycles. The summed E-state index contributed by atoms with van der Waals surface area (Å²) in [6.45, 7) is 3.79. The lowest BCUT2D eigenvalue weighted by Crippen LogP contribution is -2.56. The van der Waals surface area contributed by atoms with Gasteiger partial charge in [-0.05, 0) is 18.6 Å². The van der Waals surface area contributed by atoms with E-state index in [1.54, 1.807) is 11.0 Å². The molecule has 186 valence electrons. The van der Waals surface area contributed by atoms with E-state index in [0.717, 1.165) is 5.56 Å². The summed E-state index contributed by atoms with van der Waals surface area (Å²) in [5.74, 6) is -2.67. The molecule has 2 aromatic rings. The molecular formula is C27H28N4O5. The molecule has 0 saturated carbocycles. The normalized spacial score (nSPS) is 29.3. The summed E-state index contributed by atoms with van der Waals surface area (Å²) in [7, 11) is 0. The number of carbonyl (C=O) groups is 4. The minimum atomic E-state index is -1.38. The molecule has 9 heteroatoms. The highest BCUT2D eigenvalue weighted by molar-refractivity contribution is 6.17. The number of nitrogens with one attached hydrogen (secondary N) is 1. The first-order valence-corrected chi connectivity index (χ1v) is 12.4. The Labute approximate surface area is 209 Å². The van der Waals surface area contributed by atoms with Crippen molar-refractivity contribution in [2.75, 3.05) is 37.7 Å². The number of benzene rings is 2. The maximum Gasteiger partial charge on any atom is 0.253 e. The number of ether oxygens (including phenoxy) is 1. The number of nitrogens with zero attached hydrogens (tertiary/aromatic N) is 3. The van der Waals surface area contributed by atoms with Crippen molar-refractivity contribution in [1.29, 1.82) is 0 Å². The van der Waals surface area contributed by atoms with Crippen LogP contribution in [0.4, 0.5) is 5.69 Å². The first-order chi connectivity index (χ1) is 17.4. The van der Waals surface area contributed by atoms with Gasteiger partial charge in [-0.15, -0.1) is 0 Å². The topological polar surface area (TPSA) is 99.3 Å². The van der Waals surface area contributed by atoms with Gasteiger partial charge in [0.15, 0.2) is 0 Å². The summed E-state index contributed by atoms with van der Waals surface area (Å²) in [5.41, 5.74) is 0.715. The predicted molar refractivity (Wildman–Crippen MR) is 129 cm³/mol. The molecule has 3 saturated heterocycles. The molecule has 6 rings (SSSR count). The number of likely N-dealkylation sites (tertiary alicyclic amines) is 1. The number of morpholine rings is 1. The molecule has 0 bridgehead atoms. The molecule has 0 aliphatic carbocycles. The highest BCUT2D eigenvalue weighted by atomic mass is 16.5. The predicted octanol–water partition coefficient (Wildman–Crippen LogP) is 0.880.